The van der Waals surface area contributed by atoms with Crippen LogP contribution in [0.5, 0.6) is 0 Å². The summed E-state index contributed by atoms with van der Waals surface area (Å²) in [6, 6.07) is 6.02. The van der Waals surface area contributed by atoms with E-state index in [0.717, 1.165) is 16.7 Å². The molecule has 0 aliphatic carbocycles. The minimum atomic E-state index is -0.518. The minimum Gasteiger partial charge on any atom is -0.457 e. The van der Waals surface area contributed by atoms with E-state index in [9.17, 15) is 4.79 Å². The SMILES string of the molecule is Cc1cc(C)cc(COC(=O)c2c(C)noc2N)c1. The van der Waals surface area contributed by atoms with Crippen LogP contribution in [0, 0.1) is 20.8 Å². The van der Waals surface area contributed by atoms with Crippen LogP contribution in [0.1, 0.15) is 32.7 Å². The number of carbonyl (C=O) groups is 1. The topological polar surface area (TPSA) is 78.3 Å². The Morgan fingerprint density at radius 2 is 1.89 bits per heavy atom. The van der Waals surface area contributed by atoms with E-state index in [-0.39, 0.29) is 18.1 Å². The molecule has 19 heavy (non-hydrogen) atoms. The first-order valence-corrected chi connectivity index (χ1v) is 5.93. The monoisotopic (exact) mass is 260 g/mol. The number of aromatic nitrogens is 1. The van der Waals surface area contributed by atoms with Gasteiger partial charge in [-0.1, -0.05) is 34.5 Å². The lowest BCUT2D eigenvalue weighted by Gasteiger charge is -2.06. The molecule has 1 aromatic carbocycles. The zero-order valence-corrected chi connectivity index (χ0v) is 11.2. The van der Waals surface area contributed by atoms with Gasteiger partial charge in [0, 0.05) is 0 Å². The first kappa shape index (κ1) is 13.1. The number of aryl methyl sites for hydroxylation is 3. The first-order valence-electron chi connectivity index (χ1n) is 5.93. The molecule has 1 aromatic heterocycles. The second kappa shape index (κ2) is 5.14. The summed E-state index contributed by atoms with van der Waals surface area (Å²) in [4.78, 5) is 11.9. The van der Waals surface area contributed by atoms with Crippen LogP contribution in [-0.4, -0.2) is 11.1 Å². The van der Waals surface area contributed by atoms with E-state index in [2.05, 4.69) is 11.2 Å². The van der Waals surface area contributed by atoms with Crippen molar-refractivity contribution in [3.05, 3.63) is 46.1 Å². The number of nitrogens with zero attached hydrogens (tertiary/aromatic N) is 1. The van der Waals surface area contributed by atoms with Gasteiger partial charge in [-0.3, -0.25) is 0 Å². The third kappa shape index (κ3) is 2.93. The van der Waals surface area contributed by atoms with Crippen molar-refractivity contribution in [3.63, 3.8) is 0 Å². The van der Waals surface area contributed by atoms with Gasteiger partial charge in [-0.2, -0.15) is 0 Å². The molecule has 0 aliphatic heterocycles. The zero-order chi connectivity index (χ0) is 14.0. The number of anilines is 1. The summed E-state index contributed by atoms with van der Waals surface area (Å²) in [5.74, 6) is -0.529. The van der Waals surface area contributed by atoms with E-state index in [0.29, 0.717) is 5.69 Å². The molecule has 0 saturated carbocycles. The Morgan fingerprint density at radius 1 is 1.26 bits per heavy atom. The van der Waals surface area contributed by atoms with Crippen molar-refractivity contribution in [2.45, 2.75) is 27.4 Å². The fourth-order valence-electron chi connectivity index (χ4n) is 2.01. The zero-order valence-electron chi connectivity index (χ0n) is 11.2. The number of hydrogen-bond donors (Lipinski definition) is 1. The quantitative estimate of drug-likeness (QED) is 0.858. The summed E-state index contributed by atoms with van der Waals surface area (Å²) < 4.78 is 9.96. The van der Waals surface area contributed by atoms with E-state index >= 15 is 0 Å². The molecule has 100 valence electrons. The Hall–Kier alpha value is -2.30. The normalized spacial score (nSPS) is 10.5. The van der Waals surface area contributed by atoms with Crippen molar-refractivity contribution in [3.8, 4) is 0 Å². The van der Waals surface area contributed by atoms with Crippen molar-refractivity contribution in [1.82, 2.24) is 5.16 Å². The number of nitrogen functional groups attached to an aromatic ring is 1. The number of ether oxygens (including phenoxy) is 1. The first-order chi connectivity index (χ1) is 8.97. The molecule has 5 nitrogen and oxygen atoms in total. The molecule has 0 saturated heterocycles. The van der Waals surface area contributed by atoms with Crippen molar-refractivity contribution < 1.29 is 14.1 Å². The maximum Gasteiger partial charge on any atom is 0.346 e. The Balaban J connectivity index is 2.09. The van der Waals surface area contributed by atoms with Crippen LogP contribution in [0.4, 0.5) is 5.88 Å². The highest BCUT2D eigenvalue weighted by Gasteiger charge is 2.19. The van der Waals surface area contributed by atoms with Gasteiger partial charge in [0.25, 0.3) is 0 Å². The summed E-state index contributed by atoms with van der Waals surface area (Å²) in [5.41, 5.74) is 9.37. The molecule has 0 atom stereocenters. The van der Waals surface area contributed by atoms with Gasteiger partial charge in [-0.15, -0.1) is 0 Å². The second-order valence-corrected chi connectivity index (χ2v) is 4.58. The highest BCUT2D eigenvalue weighted by atomic mass is 16.5. The summed E-state index contributed by atoms with van der Waals surface area (Å²) in [6.07, 6.45) is 0. The number of nitrogens with two attached hydrogens (primary N) is 1. The van der Waals surface area contributed by atoms with Gasteiger partial charge >= 0.3 is 5.97 Å². The third-order valence-electron chi connectivity index (χ3n) is 2.74. The molecule has 0 fully saturated rings. The number of benzene rings is 1. The lowest BCUT2D eigenvalue weighted by molar-refractivity contribution is 0.0472. The predicted molar refractivity (Wildman–Crippen MR) is 70.7 cm³/mol. The maximum absolute atomic E-state index is 11.9. The van der Waals surface area contributed by atoms with E-state index in [1.165, 1.54) is 0 Å². The molecule has 0 spiro atoms. The van der Waals surface area contributed by atoms with E-state index in [4.69, 9.17) is 15.0 Å². The molecule has 5 heteroatoms. The average molecular weight is 260 g/mol. The van der Waals surface area contributed by atoms with Crippen LogP contribution in [0.2, 0.25) is 0 Å². The highest BCUT2D eigenvalue weighted by Crippen LogP contribution is 2.18. The van der Waals surface area contributed by atoms with Gasteiger partial charge in [0.15, 0.2) is 0 Å². The van der Waals surface area contributed by atoms with Gasteiger partial charge in [0.05, 0.1) is 5.69 Å². The largest absolute Gasteiger partial charge is 0.457 e. The molecule has 2 rings (SSSR count). The summed E-state index contributed by atoms with van der Waals surface area (Å²) in [5, 5.41) is 3.62. The van der Waals surface area contributed by atoms with Crippen molar-refractivity contribution in [2.24, 2.45) is 0 Å². The molecule has 1 heterocycles. The third-order valence-corrected chi connectivity index (χ3v) is 2.74. The van der Waals surface area contributed by atoms with Crippen molar-refractivity contribution in [2.75, 3.05) is 5.73 Å². The van der Waals surface area contributed by atoms with Gasteiger partial charge in [0.2, 0.25) is 5.88 Å². The van der Waals surface area contributed by atoms with Gasteiger partial charge in [-0.05, 0) is 26.3 Å². The predicted octanol–water partition coefficient (Wildman–Crippen LogP) is 2.54. The molecule has 0 bridgehead atoms. The van der Waals surface area contributed by atoms with Crippen LogP contribution in [0.15, 0.2) is 22.7 Å². The summed E-state index contributed by atoms with van der Waals surface area (Å²) >= 11 is 0. The van der Waals surface area contributed by atoms with Crippen LogP contribution >= 0.6 is 0 Å². The van der Waals surface area contributed by atoms with Crippen molar-refractivity contribution >= 4 is 11.9 Å². The number of hydrogen-bond acceptors (Lipinski definition) is 5. The van der Waals surface area contributed by atoms with Gasteiger partial charge < -0.3 is 15.0 Å². The van der Waals surface area contributed by atoms with Crippen molar-refractivity contribution in [1.29, 1.82) is 0 Å². The molecular weight excluding hydrogens is 244 g/mol. The summed E-state index contributed by atoms with van der Waals surface area (Å²) in [7, 11) is 0. The number of esters is 1. The molecule has 0 unspecified atom stereocenters. The maximum atomic E-state index is 11.9. The molecule has 0 radical (unpaired) electrons. The van der Waals surface area contributed by atoms with E-state index in [1.807, 2.05) is 26.0 Å². The van der Waals surface area contributed by atoms with Gasteiger partial charge in [-0.25, -0.2) is 4.79 Å². The van der Waals surface area contributed by atoms with E-state index < -0.39 is 5.97 Å². The Kier molecular flexibility index (Phi) is 3.55. The van der Waals surface area contributed by atoms with Crippen LogP contribution in [-0.2, 0) is 11.3 Å². The molecular formula is C14H16N2O3. The summed E-state index contributed by atoms with van der Waals surface area (Å²) in [6.45, 7) is 5.85. The van der Waals surface area contributed by atoms with E-state index in [1.54, 1.807) is 6.92 Å². The highest BCUT2D eigenvalue weighted by molar-refractivity contribution is 5.94. The molecule has 2 N–H and O–H groups in total. The molecule has 2 aromatic rings. The standard InChI is InChI=1S/C14H16N2O3/c1-8-4-9(2)6-11(5-8)7-18-14(17)12-10(3)16-19-13(12)15/h4-6H,7,15H2,1-3H3. The smallest absolute Gasteiger partial charge is 0.346 e. The lowest BCUT2D eigenvalue weighted by Crippen LogP contribution is -2.08. The number of carbonyl (C=O) groups excluding carboxylic acids is 1. The second-order valence-electron chi connectivity index (χ2n) is 4.58. The fraction of sp³-hybridized carbons (Fsp3) is 0.286. The minimum absolute atomic E-state index is 0.0112. The Labute approximate surface area is 111 Å². The Bertz CT molecular complexity index is 577. The molecule has 0 amide bonds. The van der Waals surface area contributed by atoms with Gasteiger partial charge in [0.1, 0.15) is 12.2 Å². The van der Waals surface area contributed by atoms with Crippen LogP contribution in [0.3, 0.4) is 0 Å². The lowest BCUT2D eigenvalue weighted by atomic mass is 10.1. The Morgan fingerprint density at radius 3 is 2.42 bits per heavy atom. The fourth-order valence-corrected chi connectivity index (χ4v) is 2.01. The van der Waals surface area contributed by atoms with Crippen LogP contribution < -0.4 is 5.73 Å². The average Bonchev–Trinajstić information content (AvgIpc) is 2.65. The molecule has 0 aliphatic rings. The van der Waals surface area contributed by atoms with Crippen LogP contribution in [0.25, 0.3) is 0 Å². The number of rotatable bonds is 3.